The standard InChI is InChI=1S/Br2F2Si/c1-5(2,3)4. The third kappa shape index (κ3) is 43.2. The molecule has 0 saturated carbocycles. The molecule has 0 aliphatic heterocycles. The van der Waals surface area contributed by atoms with Gasteiger partial charge in [-0.15, -0.1) is 0 Å². The zero-order valence-corrected chi connectivity index (χ0v) is 6.18. The van der Waals surface area contributed by atoms with Crippen molar-refractivity contribution in [2.24, 2.45) is 0 Å². The van der Waals surface area contributed by atoms with E-state index in [-0.39, 0.29) is 0 Å². The van der Waals surface area contributed by atoms with Crippen molar-refractivity contribution < 1.29 is 8.22 Å². The molecule has 0 aromatic rings. The molecule has 0 radical (unpaired) electrons. The summed E-state index contributed by atoms with van der Waals surface area (Å²) >= 11 is 4.19. The maximum atomic E-state index is 11.0. The van der Waals surface area contributed by atoms with Gasteiger partial charge < -0.3 is 0 Å². The van der Waals surface area contributed by atoms with Crippen LogP contribution in [0.3, 0.4) is 0 Å². The van der Waals surface area contributed by atoms with Crippen LogP contribution in [0.2, 0.25) is 0 Å². The van der Waals surface area contributed by atoms with Crippen molar-refractivity contribution in [1.82, 2.24) is 0 Å². The fourth-order valence-corrected chi connectivity index (χ4v) is 0. The van der Waals surface area contributed by atoms with E-state index in [2.05, 4.69) is 30.6 Å². The van der Waals surface area contributed by atoms with Crippen LogP contribution < -0.4 is 0 Å². The monoisotopic (exact) mass is 224 g/mol. The van der Waals surface area contributed by atoms with Crippen LogP contribution in [-0.2, 0) is 0 Å². The van der Waals surface area contributed by atoms with Crippen LogP contribution >= 0.6 is 30.6 Å². The fraction of sp³-hybridized carbons (Fsp3) is 0. The molecule has 0 aliphatic rings. The minimum atomic E-state index is -3.99. The van der Waals surface area contributed by atoms with Gasteiger partial charge in [-0.1, -0.05) is 0 Å². The van der Waals surface area contributed by atoms with Gasteiger partial charge in [0, 0.05) is 0 Å². The highest BCUT2D eigenvalue weighted by atomic mass is 79.9. The summed E-state index contributed by atoms with van der Waals surface area (Å²) in [5.41, 5.74) is 0. The third-order valence-corrected chi connectivity index (χ3v) is 0. The fourth-order valence-electron chi connectivity index (χ4n) is 0. The van der Waals surface area contributed by atoms with E-state index < -0.39 is 5.98 Å². The van der Waals surface area contributed by atoms with Crippen molar-refractivity contribution in [1.29, 1.82) is 0 Å². The lowest BCUT2D eigenvalue weighted by molar-refractivity contribution is 0.694. The van der Waals surface area contributed by atoms with Gasteiger partial charge in [-0.3, -0.25) is 0 Å². The average molecular weight is 226 g/mol. The molecule has 0 fully saturated rings. The Morgan fingerprint density at radius 3 is 1.20 bits per heavy atom. The summed E-state index contributed by atoms with van der Waals surface area (Å²) in [6.45, 7) is 0. The minimum absolute atomic E-state index is 2.10. The van der Waals surface area contributed by atoms with E-state index >= 15 is 0 Å². The minimum Gasteiger partial charge on any atom is -0.246 e. The highest BCUT2D eigenvalue weighted by Gasteiger charge is 2.25. The second kappa shape index (κ2) is 1.66. The zero-order valence-electron chi connectivity index (χ0n) is 2.01. The van der Waals surface area contributed by atoms with Gasteiger partial charge in [0.15, 0.2) is 0 Å². The van der Waals surface area contributed by atoms with Crippen molar-refractivity contribution in [3.63, 3.8) is 0 Å². The van der Waals surface area contributed by atoms with E-state index in [4.69, 9.17) is 0 Å². The van der Waals surface area contributed by atoms with E-state index in [0.717, 1.165) is 0 Å². The Kier molecular flexibility index (Phi) is 2.00. The van der Waals surface area contributed by atoms with Gasteiger partial charge in [0.05, 0.1) is 0 Å². The molecule has 0 unspecified atom stereocenters. The van der Waals surface area contributed by atoms with Crippen LogP contribution in [0.25, 0.3) is 0 Å². The molecule has 5 heteroatoms. The van der Waals surface area contributed by atoms with Crippen LogP contribution in [-0.4, -0.2) is 5.98 Å². The summed E-state index contributed by atoms with van der Waals surface area (Å²) in [6.07, 6.45) is 0. The molecule has 0 aromatic heterocycles. The van der Waals surface area contributed by atoms with Crippen LogP contribution in [0.4, 0.5) is 8.22 Å². The molecule has 0 heterocycles. The molecule has 0 bridgehead atoms. The van der Waals surface area contributed by atoms with Gasteiger partial charge >= 0.3 is 5.98 Å². The smallest absolute Gasteiger partial charge is 0.246 e. The van der Waals surface area contributed by atoms with E-state index in [1.165, 1.54) is 0 Å². The Morgan fingerprint density at radius 2 is 1.20 bits per heavy atom. The highest BCUT2D eigenvalue weighted by molar-refractivity contribution is 9.50. The third-order valence-electron chi connectivity index (χ3n) is 0. The summed E-state index contributed by atoms with van der Waals surface area (Å²) in [6, 6.07) is 0. The summed E-state index contributed by atoms with van der Waals surface area (Å²) < 4.78 is 22.0. The van der Waals surface area contributed by atoms with E-state index in [1.807, 2.05) is 0 Å². The zero-order chi connectivity index (χ0) is 4.50. The molecule has 0 nitrogen and oxygen atoms in total. The molecule has 0 aromatic carbocycles. The second-order valence-corrected chi connectivity index (χ2v) is 10.5. The van der Waals surface area contributed by atoms with E-state index in [1.54, 1.807) is 0 Å². The van der Waals surface area contributed by atoms with Crippen molar-refractivity contribution in [2.75, 3.05) is 0 Å². The Balaban J connectivity index is 3.02. The van der Waals surface area contributed by atoms with Crippen LogP contribution in [0.1, 0.15) is 0 Å². The largest absolute Gasteiger partial charge is 0.565 e. The average Bonchev–Trinajstić information content (AvgIpc) is 0.722. The van der Waals surface area contributed by atoms with Gasteiger partial charge in [-0.2, -0.15) is 0 Å². The van der Waals surface area contributed by atoms with Crippen molar-refractivity contribution >= 4 is 36.6 Å². The lowest BCUT2D eigenvalue weighted by atomic mass is 18.8. The molecule has 32 valence electrons. The first-order valence-electron chi connectivity index (χ1n) is 0.756. The predicted octanol–water partition coefficient (Wildman–Crippen LogP) is 2.15. The summed E-state index contributed by atoms with van der Waals surface area (Å²) in [4.78, 5) is 0. The van der Waals surface area contributed by atoms with E-state index in [9.17, 15) is 8.22 Å². The van der Waals surface area contributed by atoms with Crippen LogP contribution in [0.15, 0.2) is 0 Å². The highest BCUT2D eigenvalue weighted by Crippen LogP contribution is 2.21. The number of hydrogen-bond donors (Lipinski definition) is 0. The summed E-state index contributed by atoms with van der Waals surface area (Å²) in [5, 5.41) is 0. The van der Waals surface area contributed by atoms with Gasteiger partial charge in [0.25, 0.3) is 0 Å². The van der Waals surface area contributed by atoms with Gasteiger partial charge in [0.1, 0.15) is 0 Å². The molecule has 5 heavy (non-hydrogen) atoms. The normalized spacial score (nSPS) is 12.0. The first-order valence-corrected chi connectivity index (χ1v) is 7.03. The molecule has 0 atom stereocenters. The number of halogens is 4. The molecule has 0 N–H and O–H groups in total. The molecule has 0 saturated heterocycles. The molecular weight excluding hydrogens is 226 g/mol. The van der Waals surface area contributed by atoms with Crippen molar-refractivity contribution in [2.45, 2.75) is 0 Å². The molecule has 0 rings (SSSR count). The van der Waals surface area contributed by atoms with Gasteiger partial charge in [-0.25, -0.2) is 8.22 Å². The quantitative estimate of drug-likeness (QED) is 0.438. The molecule has 0 aliphatic carbocycles. The first-order chi connectivity index (χ1) is 2.00. The van der Waals surface area contributed by atoms with Gasteiger partial charge in [0.2, 0.25) is 0 Å². The Bertz CT molecular complexity index is 23.1. The summed E-state index contributed by atoms with van der Waals surface area (Å²) in [5.74, 6) is -3.99. The van der Waals surface area contributed by atoms with Crippen LogP contribution in [0, 0.1) is 0 Å². The SMILES string of the molecule is F[Si](F)(Br)Br. The van der Waals surface area contributed by atoms with Crippen molar-refractivity contribution in [3.8, 4) is 0 Å². The summed E-state index contributed by atoms with van der Waals surface area (Å²) in [7, 11) is 0. The first kappa shape index (κ1) is 6.04. The van der Waals surface area contributed by atoms with Crippen LogP contribution in [0.5, 0.6) is 0 Å². The maximum absolute atomic E-state index is 11.0. The van der Waals surface area contributed by atoms with Crippen molar-refractivity contribution in [3.05, 3.63) is 0 Å². The predicted molar refractivity (Wildman–Crippen MR) is 25.8 cm³/mol. The topological polar surface area (TPSA) is 0 Å². The number of rotatable bonds is 0. The van der Waals surface area contributed by atoms with Gasteiger partial charge in [-0.05, 0) is 30.6 Å². The lowest BCUT2D eigenvalue weighted by Crippen LogP contribution is -1.94. The maximum Gasteiger partial charge on any atom is 0.565 e. The Labute approximate surface area is 45.1 Å². The molecule has 0 spiro atoms. The molecular formula is Br2F2Si. The Hall–Kier alpha value is 1.04. The molecule has 0 amide bonds. The number of hydrogen-bond acceptors (Lipinski definition) is 0. The van der Waals surface area contributed by atoms with E-state index in [0.29, 0.717) is 0 Å². The second-order valence-electron chi connectivity index (χ2n) is 0.429. The Morgan fingerprint density at radius 1 is 1.20 bits per heavy atom. The lowest BCUT2D eigenvalue weighted by Gasteiger charge is -1.82.